The smallest absolute Gasteiger partial charge is 0.254 e. The molecule has 2 amide bonds. The highest BCUT2D eigenvalue weighted by molar-refractivity contribution is 7.10. The maximum Gasteiger partial charge on any atom is 0.254 e. The molecule has 1 heterocycles. The summed E-state index contributed by atoms with van der Waals surface area (Å²) in [6.45, 7) is 3.96. The van der Waals surface area contributed by atoms with Crippen LogP contribution in [0.1, 0.15) is 32.8 Å². The van der Waals surface area contributed by atoms with Crippen molar-refractivity contribution in [2.24, 2.45) is 0 Å². The largest absolute Gasteiger partial charge is 0.493 e. The molecule has 41 heavy (non-hydrogen) atoms. The summed E-state index contributed by atoms with van der Waals surface area (Å²) >= 11 is 1.64. The van der Waals surface area contributed by atoms with Crippen molar-refractivity contribution < 1.29 is 23.8 Å². The van der Waals surface area contributed by atoms with Gasteiger partial charge >= 0.3 is 0 Å². The highest BCUT2D eigenvalue weighted by atomic mass is 32.1. The Kier molecular flexibility index (Phi) is 10.8. The zero-order valence-electron chi connectivity index (χ0n) is 24.2. The molecule has 1 aromatic heterocycles. The van der Waals surface area contributed by atoms with E-state index in [9.17, 15) is 9.59 Å². The molecule has 0 unspecified atom stereocenters. The Bertz CT molecular complexity index is 1460. The van der Waals surface area contributed by atoms with E-state index in [1.54, 1.807) is 37.6 Å². The van der Waals surface area contributed by atoms with E-state index >= 15 is 0 Å². The number of ether oxygens (including phenoxy) is 3. The third-order valence-electron chi connectivity index (χ3n) is 7.18. The second-order valence-electron chi connectivity index (χ2n) is 9.88. The summed E-state index contributed by atoms with van der Waals surface area (Å²) in [7, 11) is 4.86. The molecular formula is C33H38N2O5S. The standard InChI is InChI=1S/C33H38N2O5S/c1-24-16-20-41-31(24)22-34(18-15-25-13-14-29(39-3)30(21-25)40-4)32(36)23-35(17-8-19-38-2)33(37)28-12-7-10-26-9-5-6-11-27(26)28/h5-7,9-14,16,20-21H,8,15,17-19,22-23H2,1-4H3. The lowest BCUT2D eigenvalue weighted by Crippen LogP contribution is -2.44. The van der Waals surface area contributed by atoms with Gasteiger partial charge in [0.2, 0.25) is 5.91 Å². The fourth-order valence-corrected chi connectivity index (χ4v) is 5.75. The summed E-state index contributed by atoms with van der Waals surface area (Å²) in [6.07, 6.45) is 1.27. The van der Waals surface area contributed by atoms with Crippen molar-refractivity contribution in [2.45, 2.75) is 26.3 Å². The van der Waals surface area contributed by atoms with Crippen LogP contribution in [0.5, 0.6) is 11.5 Å². The summed E-state index contributed by atoms with van der Waals surface area (Å²) < 4.78 is 16.1. The predicted molar refractivity (Wildman–Crippen MR) is 164 cm³/mol. The third-order valence-corrected chi connectivity index (χ3v) is 8.19. The van der Waals surface area contributed by atoms with E-state index in [1.807, 2.05) is 70.9 Å². The quantitative estimate of drug-likeness (QED) is 0.174. The Morgan fingerprint density at radius 2 is 1.63 bits per heavy atom. The van der Waals surface area contributed by atoms with Crippen molar-refractivity contribution in [3.05, 3.63) is 93.7 Å². The second-order valence-corrected chi connectivity index (χ2v) is 10.9. The molecule has 0 saturated heterocycles. The van der Waals surface area contributed by atoms with Crippen molar-refractivity contribution in [3.63, 3.8) is 0 Å². The predicted octanol–water partition coefficient (Wildman–Crippen LogP) is 5.98. The molecule has 0 N–H and O–H groups in total. The van der Waals surface area contributed by atoms with Gasteiger partial charge in [-0.1, -0.05) is 42.5 Å². The molecular weight excluding hydrogens is 536 g/mol. The summed E-state index contributed by atoms with van der Waals surface area (Å²) in [5, 5.41) is 3.91. The number of methoxy groups -OCH3 is 3. The van der Waals surface area contributed by atoms with Gasteiger partial charge in [0.1, 0.15) is 6.54 Å². The number of amides is 2. The molecule has 8 heteroatoms. The summed E-state index contributed by atoms with van der Waals surface area (Å²) in [6, 6.07) is 21.4. The van der Waals surface area contributed by atoms with Crippen LogP contribution in [0, 0.1) is 6.92 Å². The summed E-state index contributed by atoms with van der Waals surface area (Å²) in [4.78, 5) is 32.5. The number of carbonyl (C=O) groups excluding carboxylic acids is 2. The van der Waals surface area contributed by atoms with Gasteiger partial charge in [0, 0.05) is 37.2 Å². The van der Waals surface area contributed by atoms with E-state index in [4.69, 9.17) is 14.2 Å². The van der Waals surface area contributed by atoms with Gasteiger partial charge in [0.25, 0.3) is 5.91 Å². The van der Waals surface area contributed by atoms with Crippen LogP contribution in [0.15, 0.2) is 72.1 Å². The van der Waals surface area contributed by atoms with Crippen LogP contribution in [-0.4, -0.2) is 69.2 Å². The fraction of sp³-hybridized carbons (Fsp3) is 0.333. The Morgan fingerprint density at radius 1 is 0.854 bits per heavy atom. The Balaban J connectivity index is 1.57. The molecule has 0 aliphatic heterocycles. The van der Waals surface area contributed by atoms with Gasteiger partial charge in [-0.3, -0.25) is 9.59 Å². The lowest BCUT2D eigenvalue weighted by molar-refractivity contribution is -0.132. The molecule has 0 spiro atoms. The van der Waals surface area contributed by atoms with Crippen LogP contribution in [0.4, 0.5) is 0 Å². The molecule has 0 aliphatic rings. The first-order chi connectivity index (χ1) is 19.9. The first kappa shape index (κ1) is 30.1. The van der Waals surface area contributed by atoms with Crippen molar-refractivity contribution >= 4 is 33.9 Å². The van der Waals surface area contributed by atoms with Crippen molar-refractivity contribution in [2.75, 3.05) is 47.6 Å². The molecule has 7 nitrogen and oxygen atoms in total. The Morgan fingerprint density at radius 3 is 2.37 bits per heavy atom. The van der Waals surface area contributed by atoms with Gasteiger partial charge < -0.3 is 24.0 Å². The van der Waals surface area contributed by atoms with E-state index in [0.29, 0.717) is 56.1 Å². The van der Waals surface area contributed by atoms with E-state index in [2.05, 4.69) is 13.0 Å². The molecule has 0 aliphatic carbocycles. The fourth-order valence-electron chi connectivity index (χ4n) is 4.83. The molecule has 0 bridgehead atoms. The molecule has 0 atom stereocenters. The van der Waals surface area contributed by atoms with Gasteiger partial charge in [-0.2, -0.15) is 0 Å². The first-order valence-corrected chi connectivity index (χ1v) is 14.6. The number of rotatable bonds is 14. The third kappa shape index (κ3) is 7.65. The Hall–Kier alpha value is -3.88. The topological polar surface area (TPSA) is 68.3 Å². The molecule has 3 aromatic carbocycles. The van der Waals surface area contributed by atoms with Gasteiger partial charge in [-0.25, -0.2) is 0 Å². The number of benzene rings is 3. The number of nitrogens with zero attached hydrogens (tertiary/aromatic N) is 2. The zero-order chi connectivity index (χ0) is 29.2. The number of thiophene rings is 1. The lowest BCUT2D eigenvalue weighted by Gasteiger charge is -2.28. The van der Waals surface area contributed by atoms with Crippen molar-refractivity contribution in [1.82, 2.24) is 9.80 Å². The van der Waals surface area contributed by atoms with Gasteiger partial charge in [0.15, 0.2) is 11.5 Å². The average molecular weight is 575 g/mol. The maximum atomic E-state index is 13.9. The molecule has 4 aromatic rings. The molecule has 0 fully saturated rings. The van der Waals surface area contributed by atoms with Crippen molar-refractivity contribution in [1.29, 1.82) is 0 Å². The van der Waals surface area contributed by atoms with E-state index in [0.717, 1.165) is 26.8 Å². The minimum atomic E-state index is -0.154. The van der Waals surface area contributed by atoms with Crippen LogP contribution in [0.25, 0.3) is 10.8 Å². The van der Waals surface area contributed by atoms with Crippen LogP contribution < -0.4 is 9.47 Å². The van der Waals surface area contributed by atoms with E-state index < -0.39 is 0 Å². The number of hydrogen-bond acceptors (Lipinski definition) is 6. The Labute approximate surface area is 246 Å². The second kappa shape index (κ2) is 14.7. The van der Waals surface area contributed by atoms with E-state index in [-0.39, 0.29) is 18.4 Å². The average Bonchev–Trinajstić information content (AvgIpc) is 3.41. The van der Waals surface area contributed by atoms with Gasteiger partial charge in [-0.05, 0) is 71.3 Å². The van der Waals surface area contributed by atoms with E-state index in [1.165, 1.54) is 0 Å². The maximum absolute atomic E-state index is 13.9. The minimum Gasteiger partial charge on any atom is -0.493 e. The number of aryl methyl sites for hydroxylation is 1. The summed E-state index contributed by atoms with van der Waals surface area (Å²) in [5.41, 5.74) is 2.79. The first-order valence-electron chi connectivity index (χ1n) is 13.7. The molecule has 216 valence electrons. The molecule has 0 saturated carbocycles. The monoisotopic (exact) mass is 574 g/mol. The minimum absolute atomic E-state index is 0.0118. The van der Waals surface area contributed by atoms with Crippen molar-refractivity contribution in [3.8, 4) is 11.5 Å². The lowest BCUT2D eigenvalue weighted by atomic mass is 10.0. The zero-order valence-corrected chi connectivity index (χ0v) is 25.0. The highest BCUT2D eigenvalue weighted by Crippen LogP contribution is 2.28. The number of carbonyl (C=O) groups is 2. The van der Waals surface area contributed by atoms with Crippen LogP contribution >= 0.6 is 11.3 Å². The molecule has 0 radical (unpaired) electrons. The summed E-state index contributed by atoms with van der Waals surface area (Å²) in [5.74, 6) is 1.07. The number of fused-ring (bicyclic) bond motifs is 1. The highest BCUT2D eigenvalue weighted by Gasteiger charge is 2.24. The van der Waals surface area contributed by atoms with Crippen LogP contribution in [-0.2, 0) is 22.5 Å². The van der Waals surface area contributed by atoms with Gasteiger partial charge in [-0.15, -0.1) is 11.3 Å². The normalized spacial score (nSPS) is 10.9. The SMILES string of the molecule is COCCCN(CC(=O)N(CCc1ccc(OC)c(OC)c1)Cc1sccc1C)C(=O)c1cccc2ccccc12. The van der Waals surface area contributed by atoms with Gasteiger partial charge in [0.05, 0.1) is 20.8 Å². The number of hydrogen-bond donors (Lipinski definition) is 0. The molecule has 4 rings (SSSR count). The van der Waals surface area contributed by atoms with Crippen LogP contribution in [0.3, 0.4) is 0 Å². The van der Waals surface area contributed by atoms with Crippen LogP contribution in [0.2, 0.25) is 0 Å².